The van der Waals surface area contributed by atoms with Crippen LogP contribution in [0.2, 0.25) is 0 Å². The van der Waals surface area contributed by atoms with Crippen molar-refractivity contribution in [2.75, 3.05) is 0 Å². The number of rotatable bonds is 3. The van der Waals surface area contributed by atoms with E-state index in [9.17, 15) is 4.79 Å². The summed E-state index contributed by atoms with van der Waals surface area (Å²) in [5.41, 5.74) is 7.02. The van der Waals surface area contributed by atoms with Gasteiger partial charge in [0, 0.05) is 12.1 Å². The SMILES string of the molecule is Cc1ccc(C)c(C(=O)NCc2ccc3c(c2)CCC3)c1. The molecule has 108 valence electrons. The van der Waals surface area contributed by atoms with Crippen molar-refractivity contribution in [1.29, 1.82) is 0 Å². The van der Waals surface area contributed by atoms with E-state index in [0.717, 1.165) is 16.7 Å². The first-order valence-corrected chi connectivity index (χ1v) is 7.59. The molecule has 2 heteroatoms. The molecular formula is C19H21NO. The second-order valence-electron chi connectivity index (χ2n) is 5.96. The Morgan fingerprint density at radius 1 is 1.05 bits per heavy atom. The molecule has 0 aromatic heterocycles. The molecule has 0 radical (unpaired) electrons. The zero-order valence-electron chi connectivity index (χ0n) is 12.7. The number of nitrogens with one attached hydrogen (secondary N) is 1. The topological polar surface area (TPSA) is 29.1 Å². The molecule has 0 heterocycles. The monoisotopic (exact) mass is 279 g/mol. The normalized spacial score (nSPS) is 13.0. The van der Waals surface area contributed by atoms with Crippen molar-refractivity contribution < 1.29 is 4.79 Å². The maximum absolute atomic E-state index is 12.3. The van der Waals surface area contributed by atoms with E-state index in [2.05, 4.69) is 23.5 Å². The summed E-state index contributed by atoms with van der Waals surface area (Å²) in [4.78, 5) is 12.3. The van der Waals surface area contributed by atoms with E-state index in [-0.39, 0.29) is 5.91 Å². The summed E-state index contributed by atoms with van der Waals surface area (Å²) in [6.45, 7) is 4.58. The second kappa shape index (κ2) is 5.72. The molecule has 1 aliphatic rings. The zero-order valence-corrected chi connectivity index (χ0v) is 12.7. The highest BCUT2D eigenvalue weighted by Gasteiger charge is 2.12. The third kappa shape index (κ3) is 2.99. The van der Waals surface area contributed by atoms with Gasteiger partial charge in [0.1, 0.15) is 0 Å². The first-order chi connectivity index (χ1) is 10.1. The molecule has 0 spiro atoms. The average Bonchev–Trinajstić information content (AvgIpc) is 2.94. The lowest BCUT2D eigenvalue weighted by Crippen LogP contribution is -2.23. The van der Waals surface area contributed by atoms with Crippen molar-refractivity contribution >= 4 is 5.91 Å². The van der Waals surface area contributed by atoms with Crippen LogP contribution in [0.4, 0.5) is 0 Å². The standard InChI is InChI=1S/C19H21NO/c1-13-6-7-14(2)18(10-13)19(21)20-12-15-8-9-16-4-3-5-17(16)11-15/h6-11H,3-5,12H2,1-2H3,(H,20,21). The lowest BCUT2D eigenvalue weighted by atomic mass is 10.0. The number of aryl methyl sites for hydroxylation is 4. The quantitative estimate of drug-likeness (QED) is 0.911. The molecule has 0 unspecified atom stereocenters. The van der Waals surface area contributed by atoms with Gasteiger partial charge in [0.15, 0.2) is 0 Å². The van der Waals surface area contributed by atoms with Gasteiger partial charge in [-0.25, -0.2) is 0 Å². The molecule has 2 aromatic rings. The van der Waals surface area contributed by atoms with Crippen LogP contribution < -0.4 is 5.32 Å². The predicted molar refractivity (Wildman–Crippen MR) is 85.6 cm³/mol. The van der Waals surface area contributed by atoms with Gasteiger partial charge in [-0.3, -0.25) is 4.79 Å². The van der Waals surface area contributed by atoms with Crippen molar-refractivity contribution in [2.45, 2.75) is 39.7 Å². The summed E-state index contributed by atoms with van der Waals surface area (Å²) >= 11 is 0. The molecule has 21 heavy (non-hydrogen) atoms. The Balaban J connectivity index is 1.70. The first kappa shape index (κ1) is 13.9. The minimum Gasteiger partial charge on any atom is -0.348 e. The Bertz CT molecular complexity index is 688. The van der Waals surface area contributed by atoms with E-state index in [1.807, 2.05) is 32.0 Å². The molecule has 2 nitrogen and oxygen atoms in total. The predicted octanol–water partition coefficient (Wildman–Crippen LogP) is 3.72. The Morgan fingerprint density at radius 3 is 2.71 bits per heavy atom. The summed E-state index contributed by atoms with van der Waals surface area (Å²) in [5, 5.41) is 3.04. The Labute approximate surface area is 126 Å². The summed E-state index contributed by atoms with van der Waals surface area (Å²) in [7, 11) is 0. The van der Waals surface area contributed by atoms with E-state index in [0.29, 0.717) is 6.54 Å². The Hall–Kier alpha value is -2.09. The molecular weight excluding hydrogens is 258 g/mol. The molecule has 1 aliphatic carbocycles. The summed E-state index contributed by atoms with van der Waals surface area (Å²) in [6, 6.07) is 12.6. The van der Waals surface area contributed by atoms with E-state index >= 15 is 0 Å². The van der Waals surface area contributed by atoms with E-state index in [1.54, 1.807) is 0 Å². The van der Waals surface area contributed by atoms with Gasteiger partial charge >= 0.3 is 0 Å². The van der Waals surface area contributed by atoms with Crippen molar-refractivity contribution in [3.05, 3.63) is 69.8 Å². The van der Waals surface area contributed by atoms with Crippen molar-refractivity contribution in [2.24, 2.45) is 0 Å². The summed E-state index contributed by atoms with van der Waals surface area (Å²) in [5.74, 6) is 0.0108. The number of fused-ring (bicyclic) bond motifs is 1. The molecule has 0 saturated heterocycles. The minimum absolute atomic E-state index is 0.0108. The highest BCUT2D eigenvalue weighted by atomic mass is 16.1. The maximum atomic E-state index is 12.3. The number of benzene rings is 2. The van der Waals surface area contributed by atoms with E-state index in [4.69, 9.17) is 0 Å². The molecule has 0 saturated carbocycles. The maximum Gasteiger partial charge on any atom is 0.251 e. The molecule has 0 bridgehead atoms. The lowest BCUT2D eigenvalue weighted by Gasteiger charge is -2.10. The number of amides is 1. The Morgan fingerprint density at radius 2 is 1.86 bits per heavy atom. The number of carbonyl (C=O) groups excluding carboxylic acids is 1. The van der Waals surface area contributed by atoms with Crippen molar-refractivity contribution in [3.8, 4) is 0 Å². The van der Waals surface area contributed by atoms with Gasteiger partial charge < -0.3 is 5.32 Å². The van der Waals surface area contributed by atoms with Crippen LogP contribution in [0.5, 0.6) is 0 Å². The fourth-order valence-corrected chi connectivity index (χ4v) is 2.99. The van der Waals surface area contributed by atoms with Gasteiger partial charge in [-0.2, -0.15) is 0 Å². The van der Waals surface area contributed by atoms with E-state index in [1.165, 1.54) is 36.0 Å². The van der Waals surface area contributed by atoms with Gasteiger partial charge in [-0.15, -0.1) is 0 Å². The average molecular weight is 279 g/mol. The van der Waals surface area contributed by atoms with Crippen LogP contribution in [0.3, 0.4) is 0 Å². The smallest absolute Gasteiger partial charge is 0.251 e. The largest absolute Gasteiger partial charge is 0.348 e. The minimum atomic E-state index is 0.0108. The number of carbonyl (C=O) groups is 1. The molecule has 2 aromatic carbocycles. The number of hydrogen-bond donors (Lipinski definition) is 1. The molecule has 0 aliphatic heterocycles. The summed E-state index contributed by atoms with van der Waals surface area (Å²) in [6.07, 6.45) is 3.63. The first-order valence-electron chi connectivity index (χ1n) is 7.59. The Kier molecular flexibility index (Phi) is 3.78. The van der Waals surface area contributed by atoms with Crippen LogP contribution >= 0.6 is 0 Å². The number of hydrogen-bond acceptors (Lipinski definition) is 1. The fraction of sp³-hybridized carbons (Fsp3) is 0.316. The van der Waals surface area contributed by atoms with Gasteiger partial charge in [-0.1, -0.05) is 35.9 Å². The third-order valence-electron chi connectivity index (χ3n) is 4.25. The zero-order chi connectivity index (χ0) is 14.8. The molecule has 1 amide bonds. The molecule has 0 fully saturated rings. The van der Waals surface area contributed by atoms with Crippen LogP contribution in [0, 0.1) is 13.8 Å². The van der Waals surface area contributed by atoms with Crippen molar-refractivity contribution in [3.63, 3.8) is 0 Å². The van der Waals surface area contributed by atoms with Crippen LogP contribution in [-0.2, 0) is 19.4 Å². The molecule has 0 atom stereocenters. The van der Waals surface area contributed by atoms with Crippen molar-refractivity contribution in [1.82, 2.24) is 5.32 Å². The van der Waals surface area contributed by atoms with Gasteiger partial charge in [0.2, 0.25) is 0 Å². The van der Waals surface area contributed by atoms with Crippen LogP contribution in [-0.4, -0.2) is 5.91 Å². The van der Waals surface area contributed by atoms with E-state index < -0.39 is 0 Å². The van der Waals surface area contributed by atoms with Gasteiger partial charge in [0.25, 0.3) is 5.91 Å². The summed E-state index contributed by atoms with van der Waals surface area (Å²) < 4.78 is 0. The van der Waals surface area contributed by atoms with Gasteiger partial charge in [0.05, 0.1) is 0 Å². The highest BCUT2D eigenvalue weighted by molar-refractivity contribution is 5.95. The van der Waals surface area contributed by atoms with Gasteiger partial charge in [-0.05, 0) is 61.4 Å². The fourth-order valence-electron chi connectivity index (χ4n) is 2.99. The van der Waals surface area contributed by atoms with Crippen LogP contribution in [0.1, 0.15) is 44.6 Å². The van der Waals surface area contributed by atoms with Crippen LogP contribution in [0.25, 0.3) is 0 Å². The molecule has 3 rings (SSSR count). The lowest BCUT2D eigenvalue weighted by molar-refractivity contribution is 0.0950. The third-order valence-corrected chi connectivity index (χ3v) is 4.25. The van der Waals surface area contributed by atoms with Crippen LogP contribution in [0.15, 0.2) is 36.4 Å². The molecule has 1 N–H and O–H groups in total. The second-order valence-corrected chi connectivity index (χ2v) is 5.96. The highest BCUT2D eigenvalue weighted by Crippen LogP contribution is 2.22.